The van der Waals surface area contributed by atoms with Crippen molar-refractivity contribution in [2.24, 2.45) is 5.41 Å². The molecule has 0 saturated heterocycles. The summed E-state index contributed by atoms with van der Waals surface area (Å²) in [5, 5.41) is 3.23. The van der Waals surface area contributed by atoms with Crippen LogP contribution < -0.4 is 10.9 Å². The lowest BCUT2D eigenvalue weighted by molar-refractivity contribution is 0.345. The monoisotopic (exact) mass is 235 g/mol. The Morgan fingerprint density at radius 2 is 2.24 bits per heavy atom. The second kappa shape index (κ2) is 4.61. The van der Waals surface area contributed by atoms with Gasteiger partial charge in [-0.05, 0) is 24.8 Å². The van der Waals surface area contributed by atoms with Crippen molar-refractivity contribution >= 4 is 0 Å². The molecule has 1 N–H and O–H groups in total. The first-order valence-electron chi connectivity index (χ1n) is 6.25. The number of hydrogen-bond acceptors (Lipinski definition) is 3. The quantitative estimate of drug-likeness (QED) is 0.841. The molecule has 0 amide bonds. The summed E-state index contributed by atoms with van der Waals surface area (Å²) < 4.78 is 1.76. The molecule has 1 aromatic heterocycles. The highest BCUT2D eigenvalue weighted by Crippen LogP contribution is 2.18. The molecule has 17 heavy (non-hydrogen) atoms. The summed E-state index contributed by atoms with van der Waals surface area (Å²) in [4.78, 5) is 16.6. The van der Waals surface area contributed by atoms with E-state index >= 15 is 0 Å². The lowest BCUT2D eigenvalue weighted by Crippen LogP contribution is -2.34. The Bertz CT molecular complexity index is 457. The minimum absolute atomic E-state index is 0.153. The van der Waals surface area contributed by atoms with E-state index in [1.807, 2.05) is 0 Å². The molecule has 0 aromatic carbocycles. The van der Waals surface area contributed by atoms with Gasteiger partial charge < -0.3 is 5.32 Å². The first kappa shape index (κ1) is 12.3. The standard InChI is InChI=1S/C13H21N3O/c1-13(2,3)5-7-16-9-15-11-8-14-6-4-10(11)12(16)17/h9,14H,4-8H2,1-3H3. The van der Waals surface area contributed by atoms with Crippen LogP contribution in [-0.4, -0.2) is 16.1 Å². The van der Waals surface area contributed by atoms with Gasteiger partial charge in [-0.25, -0.2) is 4.98 Å². The maximum atomic E-state index is 12.2. The van der Waals surface area contributed by atoms with Crippen LogP contribution >= 0.6 is 0 Å². The van der Waals surface area contributed by atoms with Crippen molar-refractivity contribution < 1.29 is 0 Å². The van der Waals surface area contributed by atoms with Crippen LogP contribution in [0.5, 0.6) is 0 Å². The zero-order valence-corrected chi connectivity index (χ0v) is 10.9. The molecule has 0 fully saturated rings. The summed E-state index contributed by atoms with van der Waals surface area (Å²) in [5.74, 6) is 0. The van der Waals surface area contributed by atoms with Crippen LogP contribution in [0.1, 0.15) is 38.4 Å². The Morgan fingerprint density at radius 3 is 2.94 bits per heavy atom. The molecule has 0 bridgehead atoms. The fourth-order valence-corrected chi connectivity index (χ4v) is 2.01. The first-order chi connectivity index (χ1) is 7.97. The van der Waals surface area contributed by atoms with E-state index in [1.54, 1.807) is 10.9 Å². The predicted molar refractivity (Wildman–Crippen MR) is 68.0 cm³/mol. The van der Waals surface area contributed by atoms with Gasteiger partial charge in [0.15, 0.2) is 0 Å². The minimum Gasteiger partial charge on any atom is -0.311 e. The number of hydrogen-bond donors (Lipinski definition) is 1. The normalized spacial score (nSPS) is 15.7. The number of nitrogens with one attached hydrogen (secondary N) is 1. The van der Waals surface area contributed by atoms with Crippen molar-refractivity contribution in [3.63, 3.8) is 0 Å². The SMILES string of the molecule is CC(C)(C)CCn1cnc2c(c1=O)CCNC2. The van der Waals surface area contributed by atoms with E-state index in [1.165, 1.54) is 0 Å². The minimum atomic E-state index is 0.153. The molecule has 4 nitrogen and oxygen atoms in total. The summed E-state index contributed by atoms with van der Waals surface area (Å²) in [6, 6.07) is 0. The fraction of sp³-hybridized carbons (Fsp3) is 0.692. The molecule has 2 rings (SSSR count). The van der Waals surface area contributed by atoms with E-state index in [-0.39, 0.29) is 11.0 Å². The number of aromatic nitrogens is 2. The van der Waals surface area contributed by atoms with E-state index in [0.29, 0.717) is 0 Å². The van der Waals surface area contributed by atoms with E-state index in [4.69, 9.17) is 0 Å². The van der Waals surface area contributed by atoms with E-state index < -0.39 is 0 Å². The topological polar surface area (TPSA) is 46.9 Å². The number of fused-ring (bicyclic) bond motifs is 1. The van der Waals surface area contributed by atoms with Gasteiger partial charge in [0.1, 0.15) is 0 Å². The molecule has 2 heterocycles. The maximum absolute atomic E-state index is 12.2. The summed E-state index contributed by atoms with van der Waals surface area (Å²) in [5.41, 5.74) is 2.23. The lowest BCUT2D eigenvalue weighted by atomic mass is 9.92. The Hall–Kier alpha value is -1.16. The van der Waals surface area contributed by atoms with E-state index in [0.717, 1.165) is 43.7 Å². The van der Waals surface area contributed by atoms with Crippen LogP contribution in [0.4, 0.5) is 0 Å². The summed E-state index contributed by atoms with van der Waals surface area (Å²) in [6.07, 6.45) is 3.49. The highest BCUT2D eigenvalue weighted by molar-refractivity contribution is 5.19. The van der Waals surface area contributed by atoms with Crippen molar-refractivity contribution in [1.29, 1.82) is 0 Å². The molecule has 0 saturated carbocycles. The van der Waals surface area contributed by atoms with Crippen LogP contribution in [0.15, 0.2) is 11.1 Å². The first-order valence-corrected chi connectivity index (χ1v) is 6.25. The molecular weight excluding hydrogens is 214 g/mol. The highest BCUT2D eigenvalue weighted by Gasteiger charge is 2.16. The molecule has 0 unspecified atom stereocenters. The molecule has 1 aromatic rings. The summed E-state index contributed by atoms with van der Waals surface area (Å²) in [7, 11) is 0. The van der Waals surface area contributed by atoms with Gasteiger partial charge in [-0.1, -0.05) is 20.8 Å². The molecule has 0 aliphatic carbocycles. The molecule has 0 radical (unpaired) electrons. The largest absolute Gasteiger partial charge is 0.311 e. The Balaban J connectivity index is 2.22. The molecule has 0 spiro atoms. The Labute approximate surface area is 102 Å². The average molecular weight is 235 g/mol. The molecule has 1 aliphatic heterocycles. The second-order valence-electron chi connectivity index (χ2n) is 5.91. The molecular formula is C13H21N3O. The van der Waals surface area contributed by atoms with Gasteiger partial charge in [0.25, 0.3) is 5.56 Å². The van der Waals surface area contributed by atoms with Crippen LogP contribution in [0.2, 0.25) is 0 Å². The van der Waals surface area contributed by atoms with Crippen molar-refractivity contribution in [3.8, 4) is 0 Å². The summed E-state index contributed by atoms with van der Waals surface area (Å²) in [6.45, 7) is 8.93. The van der Waals surface area contributed by atoms with Crippen LogP contribution in [0.25, 0.3) is 0 Å². The van der Waals surface area contributed by atoms with Crippen LogP contribution in [-0.2, 0) is 19.5 Å². The van der Waals surface area contributed by atoms with Crippen LogP contribution in [0.3, 0.4) is 0 Å². The molecule has 4 heteroatoms. The van der Waals surface area contributed by atoms with E-state index in [9.17, 15) is 4.79 Å². The number of nitrogens with zero attached hydrogens (tertiary/aromatic N) is 2. The fourth-order valence-electron chi connectivity index (χ4n) is 2.01. The number of rotatable bonds is 2. The maximum Gasteiger partial charge on any atom is 0.256 e. The van der Waals surface area contributed by atoms with Crippen molar-refractivity contribution in [1.82, 2.24) is 14.9 Å². The smallest absolute Gasteiger partial charge is 0.256 e. The van der Waals surface area contributed by atoms with Gasteiger partial charge in [-0.3, -0.25) is 9.36 Å². The van der Waals surface area contributed by atoms with Gasteiger partial charge in [0, 0.05) is 18.7 Å². The van der Waals surface area contributed by atoms with Gasteiger partial charge in [0.05, 0.1) is 12.0 Å². The third-order valence-corrected chi connectivity index (χ3v) is 3.17. The van der Waals surface area contributed by atoms with Crippen LogP contribution in [0, 0.1) is 5.41 Å². The third-order valence-electron chi connectivity index (χ3n) is 3.17. The molecule has 1 aliphatic rings. The third kappa shape index (κ3) is 2.94. The average Bonchev–Trinajstić information content (AvgIpc) is 2.27. The highest BCUT2D eigenvalue weighted by atomic mass is 16.1. The second-order valence-corrected chi connectivity index (χ2v) is 5.91. The Kier molecular flexibility index (Phi) is 3.33. The number of aryl methyl sites for hydroxylation is 1. The van der Waals surface area contributed by atoms with Crippen molar-refractivity contribution in [2.45, 2.75) is 46.7 Å². The zero-order valence-electron chi connectivity index (χ0n) is 10.9. The lowest BCUT2D eigenvalue weighted by Gasteiger charge is -2.20. The molecule has 0 atom stereocenters. The van der Waals surface area contributed by atoms with Gasteiger partial charge in [0.2, 0.25) is 0 Å². The zero-order chi connectivity index (χ0) is 12.5. The van der Waals surface area contributed by atoms with Gasteiger partial charge in [-0.15, -0.1) is 0 Å². The van der Waals surface area contributed by atoms with Gasteiger partial charge in [-0.2, -0.15) is 0 Å². The van der Waals surface area contributed by atoms with Crippen molar-refractivity contribution in [2.75, 3.05) is 6.54 Å². The van der Waals surface area contributed by atoms with Gasteiger partial charge >= 0.3 is 0 Å². The summed E-state index contributed by atoms with van der Waals surface area (Å²) >= 11 is 0. The predicted octanol–water partition coefficient (Wildman–Crippen LogP) is 1.33. The Morgan fingerprint density at radius 1 is 1.47 bits per heavy atom. The van der Waals surface area contributed by atoms with E-state index in [2.05, 4.69) is 31.1 Å². The van der Waals surface area contributed by atoms with Crippen molar-refractivity contribution in [3.05, 3.63) is 27.9 Å². The molecule has 94 valence electrons.